The predicted molar refractivity (Wildman–Crippen MR) is 109 cm³/mol. The third-order valence-electron chi connectivity index (χ3n) is 6.05. The molecule has 0 bridgehead atoms. The first kappa shape index (κ1) is 19.2. The van der Waals surface area contributed by atoms with Crippen molar-refractivity contribution in [3.63, 3.8) is 0 Å². The van der Waals surface area contributed by atoms with Gasteiger partial charge in [0.2, 0.25) is 0 Å². The summed E-state index contributed by atoms with van der Waals surface area (Å²) in [6.07, 6.45) is 7.70. The topological polar surface area (TPSA) is 28.5 Å². The van der Waals surface area contributed by atoms with E-state index in [9.17, 15) is 9.18 Å². The summed E-state index contributed by atoms with van der Waals surface area (Å²) in [6, 6.07) is 11.3. The minimum Gasteiger partial charge on any atom is -0.340 e. The van der Waals surface area contributed by atoms with Gasteiger partial charge < -0.3 is 14.4 Å². The lowest BCUT2D eigenvalue weighted by molar-refractivity contribution is 0.0720. The molecule has 2 aliphatic rings. The molecule has 1 amide bonds. The zero-order chi connectivity index (χ0) is 19.5. The first-order valence-corrected chi connectivity index (χ1v) is 10.5. The van der Waals surface area contributed by atoms with Gasteiger partial charge in [0, 0.05) is 38.9 Å². The van der Waals surface area contributed by atoms with Crippen LogP contribution in [-0.4, -0.2) is 53.5 Å². The van der Waals surface area contributed by atoms with Crippen molar-refractivity contribution in [2.75, 3.05) is 33.2 Å². The van der Waals surface area contributed by atoms with Crippen LogP contribution in [0.15, 0.2) is 42.6 Å². The Morgan fingerprint density at radius 1 is 1.18 bits per heavy atom. The van der Waals surface area contributed by atoms with Gasteiger partial charge in [-0.05, 0) is 74.4 Å². The molecule has 1 aromatic carbocycles. The van der Waals surface area contributed by atoms with E-state index in [4.69, 9.17) is 0 Å². The highest BCUT2D eigenvalue weighted by atomic mass is 19.1. The lowest BCUT2D eigenvalue weighted by Gasteiger charge is -2.34. The summed E-state index contributed by atoms with van der Waals surface area (Å²) in [6.45, 7) is 3.94. The van der Waals surface area contributed by atoms with E-state index >= 15 is 0 Å². The van der Waals surface area contributed by atoms with Crippen molar-refractivity contribution in [2.24, 2.45) is 5.92 Å². The minimum absolute atomic E-state index is 0.139. The molecule has 2 heterocycles. The molecule has 1 aromatic heterocycles. The van der Waals surface area contributed by atoms with Gasteiger partial charge in [-0.15, -0.1) is 0 Å². The van der Waals surface area contributed by atoms with Crippen molar-refractivity contribution in [1.29, 1.82) is 0 Å². The maximum absolute atomic E-state index is 13.0. The summed E-state index contributed by atoms with van der Waals surface area (Å²) < 4.78 is 15.2. The Morgan fingerprint density at radius 2 is 1.96 bits per heavy atom. The molecule has 1 aliphatic carbocycles. The van der Waals surface area contributed by atoms with Gasteiger partial charge in [-0.2, -0.15) is 0 Å². The van der Waals surface area contributed by atoms with Crippen LogP contribution in [0.25, 0.3) is 0 Å². The molecule has 0 unspecified atom stereocenters. The summed E-state index contributed by atoms with van der Waals surface area (Å²) in [5.41, 5.74) is 2.01. The normalized spacial score (nSPS) is 20.3. The number of rotatable bonds is 7. The van der Waals surface area contributed by atoms with Crippen LogP contribution in [-0.2, 0) is 6.42 Å². The number of benzene rings is 1. The lowest BCUT2D eigenvalue weighted by atomic mass is 9.97. The van der Waals surface area contributed by atoms with Gasteiger partial charge in [0.15, 0.2) is 0 Å². The van der Waals surface area contributed by atoms with Crippen LogP contribution in [0.4, 0.5) is 4.39 Å². The highest BCUT2D eigenvalue weighted by molar-refractivity contribution is 5.92. The van der Waals surface area contributed by atoms with Gasteiger partial charge in [0.25, 0.3) is 5.91 Å². The molecular weight excluding hydrogens is 353 g/mol. The molecule has 4 nitrogen and oxygen atoms in total. The van der Waals surface area contributed by atoms with Crippen molar-refractivity contribution < 1.29 is 9.18 Å². The zero-order valence-corrected chi connectivity index (χ0v) is 16.7. The SMILES string of the molecule is CN(C[C@H]1CCCN(CCc2ccc(F)cc2)C1)C(=O)c1cccn1C1CC1. The molecule has 150 valence electrons. The second-order valence-electron chi connectivity index (χ2n) is 8.40. The number of likely N-dealkylation sites (tertiary alicyclic amines) is 1. The summed E-state index contributed by atoms with van der Waals surface area (Å²) in [4.78, 5) is 17.3. The van der Waals surface area contributed by atoms with Crippen LogP contribution < -0.4 is 0 Å². The van der Waals surface area contributed by atoms with E-state index in [0.717, 1.165) is 38.3 Å². The van der Waals surface area contributed by atoms with E-state index in [0.29, 0.717) is 12.0 Å². The lowest BCUT2D eigenvalue weighted by Crippen LogP contribution is -2.42. The average Bonchev–Trinajstić information content (AvgIpc) is 3.43. The molecule has 1 saturated carbocycles. The molecule has 5 heteroatoms. The smallest absolute Gasteiger partial charge is 0.270 e. The number of hydrogen-bond acceptors (Lipinski definition) is 2. The van der Waals surface area contributed by atoms with E-state index < -0.39 is 0 Å². The van der Waals surface area contributed by atoms with E-state index in [2.05, 4.69) is 9.47 Å². The standard InChI is InChI=1S/C23H30FN3O/c1-25(23(28)22-5-3-14-27(22)21-10-11-21)16-19-4-2-13-26(17-19)15-12-18-6-8-20(24)9-7-18/h3,5-9,14,19,21H,2,4,10-13,15-17H2,1H3/t19-/m1/s1. The van der Waals surface area contributed by atoms with Crippen molar-refractivity contribution in [3.05, 3.63) is 59.7 Å². The molecule has 1 saturated heterocycles. The van der Waals surface area contributed by atoms with E-state index in [1.54, 1.807) is 0 Å². The Labute approximate surface area is 166 Å². The maximum Gasteiger partial charge on any atom is 0.270 e. The van der Waals surface area contributed by atoms with Gasteiger partial charge in [-0.1, -0.05) is 12.1 Å². The number of amides is 1. The van der Waals surface area contributed by atoms with Crippen LogP contribution in [0.2, 0.25) is 0 Å². The summed E-state index contributed by atoms with van der Waals surface area (Å²) in [5, 5.41) is 0. The quantitative estimate of drug-likeness (QED) is 0.723. The molecule has 0 spiro atoms. The molecule has 1 aliphatic heterocycles. The van der Waals surface area contributed by atoms with Gasteiger partial charge in [-0.25, -0.2) is 4.39 Å². The minimum atomic E-state index is -0.178. The Kier molecular flexibility index (Phi) is 5.81. The second kappa shape index (κ2) is 8.48. The van der Waals surface area contributed by atoms with Gasteiger partial charge in [0.05, 0.1) is 0 Å². The molecule has 28 heavy (non-hydrogen) atoms. The summed E-state index contributed by atoms with van der Waals surface area (Å²) >= 11 is 0. The number of aromatic nitrogens is 1. The number of carbonyl (C=O) groups is 1. The van der Waals surface area contributed by atoms with Crippen molar-refractivity contribution >= 4 is 5.91 Å². The first-order valence-electron chi connectivity index (χ1n) is 10.5. The van der Waals surface area contributed by atoms with Crippen LogP contribution in [0.5, 0.6) is 0 Å². The first-order chi connectivity index (χ1) is 13.6. The fourth-order valence-electron chi connectivity index (χ4n) is 4.35. The fourth-order valence-corrected chi connectivity index (χ4v) is 4.35. The van der Waals surface area contributed by atoms with Gasteiger partial charge in [0.1, 0.15) is 11.5 Å². The molecule has 2 fully saturated rings. The molecule has 1 atom stereocenters. The summed E-state index contributed by atoms with van der Waals surface area (Å²) in [5.74, 6) is 0.475. The fraction of sp³-hybridized carbons (Fsp3) is 0.522. The Bertz CT molecular complexity index is 796. The van der Waals surface area contributed by atoms with Crippen molar-refractivity contribution in [2.45, 2.75) is 38.1 Å². The summed E-state index contributed by atoms with van der Waals surface area (Å²) in [7, 11) is 1.93. The molecule has 2 aromatic rings. The van der Waals surface area contributed by atoms with E-state index in [-0.39, 0.29) is 11.7 Å². The van der Waals surface area contributed by atoms with Gasteiger partial charge in [-0.3, -0.25) is 4.79 Å². The highest BCUT2D eigenvalue weighted by Gasteiger charge is 2.29. The zero-order valence-electron chi connectivity index (χ0n) is 16.7. The molecule has 0 radical (unpaired) electrons. The number of carbonyl (C=O) groups excluding carboxylic acids is 1. The monoisotopic (exact) mass is 383 g/mol. The van der Waals surface area contributed by atoms with Crippen molar-refractivity contribution in [1.82, 2.24) is 14.4 Å². The van der Waals surface area contributed by atoms with Crippen LogP contribution in [0.3, 0.4) is 0 Å². The molecule has 0 N–H and O–H groups in total. The number of nitrogens with zero attached hydrogens (tertiary/aromatic N) is 3. The van der Waals surface area contributed by atoms with E-state index in [1.807, 2.05) is 42.4 Å². The van der Waals surface area contributed by atoms with Crippen molar-refractivity contribution in [3.8, 4) is 0 Å². The Morgan fingerprint density at radius 3 is 2.71 bits per heavy atom. The maximum atomic E-state index is 13.0. The van der Waals surface area contributed by atoms with Crippen LogP contribution >= 0.6 is 0 Å². The predicted octanol–water partition coefficient (Wildman–Crippen LogP) is 3.99. The number of hydrogen-bond donors (Lipinski definition) is 0. The molecular formula is C23H30FN3O. The number of piperidine rings is 1. The third-order valence-corrected chi connectivity index (χ3v) is 6.05. The highest BCUT2D eigenvalue weighted by Crippen LogP contribution is 2.36. The second-order valence-corrected chi connectivity index (χ2v) is 8.40. The average molecular weight is 384 g/mol. The van der Waals surface area contributed by atoms with Crippen LogP contribution in [0.1, 0.15) is 47.8 Å². The van der Waals surface area contributed by atoms with Gasteiger partial charge >= 0.3 is 0 Å². The Hall–Kier alpha value is -2.14. The van der Waals surface area contributed by atoms with Crippen LogP contribution in [0, 0.1) is 11.7 Å². The number of halogens is 1. The third kappa shape index (κ3) is 4.64. The molecule has 4 rings (SSSR count). The largest absolute Gasteiger partial charge is 0.340 e. The Balaban J connectivity index is 1.28. The van der Waals surface area contributed by atoms with E-state index in [1.165, 1.54) is 43.4 Å².